The van der Waals surface area contributed by atoms with Crippen molar-refractivity contribution >= 4 is 28.4 Å². The van der Waals surface area contributed by atoms with Crippen molar-refractivity contribution < 1.29 is 4.79 Å². The number of pyridine rings is 1. The van der Waals surface area contributed by atoms with Gasteiger partial charge in [0.1, 0.15) is 0 Å². The van der Waals surface area contributed by atoms with E-state index in [9.17, 15) is 4.79 Å². The molecule has 3 nitrogen and oxygen atoms in total. The summed E-state index contributed by atoms with van der Waals surface area (Å²) in [5.41, 5.74) is 3.74. The Labute approximate surface area is 139 Å². The number of halogens is 1. The van der Waals surface area contributed by atoms with Crippen LogP contribution in [0.4, 0.5) is 0 Å². The van der Waals surface area contributed by atoms with Gasteiger partial charge in [-0.15, -0.1) is 0 Å². The lowest BCUT2D eigenvalue weighted by molar-refractivity contribution is 0.0938. The number of fused-ring (bicyclic) bond motifs is 2. The predicted molar refractivity (Wildman–Crippen MR) is 91.7 cm³/mol. The average molecular weight is 323 g/mol. The summed E-state index contributed by atoms with van der Waals surface area (Å²) in [4.78, 5) is 17.1. The summed E-state index contributed by atoms with van der Waals surface area (Å²) in [5, 5.41) is 4.86. The normalized spacial score (nSPS) is 16.3. The molecule has 0 saturated carbocycles. The van der Waals surface area contributed by atoms with Gasteiger partial charge in [0.05, 0.1) is 17.1 Å². The first-order valence-electron chi connectivity index (χ1n) is 7.65. The standard InChI is InChI=1S/C19H15ClN2O/c20-14-7-8-15-13(11-14)6-9-17(15)22-19(23)16-5-1-3-12-4-2-10-21-18(12)16/h1-5,7-8,10-11,17H,6,9H2,(H,22,23)/t17-/m1/s1. The highest BCUT2D eigenvalue weighted by Crippen LogP contribution is 2.33. The topological polar surface area (TPSA) is 42.0 Å². The Hall–Kier alpha value is -2.39. The molecule has 1 aliphatic carbocycles. The minimum atomic E-state index is -0.0814. The van der Waals surface area contributed by atoms with Gasteiger partial charge in [0, 0.05) is 16.6 Å². The molecule has 0 bridgehead atoms. The summed E-state index contributed by atoms with van der Waals surface area (Å²) in [5.74, 6) is -0.0814. The summed E-state index contributed by atoms with van der Waals surface area (Å²) < 4.78 is 0. The van der Waals surface area contributed by atoms with E-state index in [4.69, 9.17) is 11.6 Å². The van der Waals surface area contributed by atoms with E-state index in [1.54, 1.807) is 6.20 Å². The van der Waals surface area contributed by atoms with E-state index < -0.39 is 0 Å². The van der Waals surface area contributed by atoms with Crippen molar-refractivity contribution in [2.24, 2.45) is 0 Å². The highest BCUT2D eigenvalue weighted by Gasteiger charge is 2.25. The minimum absolute atomic E-state index is 0.0359. The number of nitrogens with one attached hydrogen (secondary N) is 1. The van der Waals surface area contributed by atoms with Gasteiger partial charge >= 0.3 is 0 Å². The quantitative estimate of drug-likeness (QED) is 0.764. The van der Waals surface area contributed by atoms with Crippen LogP contribution in [0.2, 0.25) is 5.02 Å². The number of carbonyl (C=O) groups is 1. The van der Waals surface area contributed by atoms with Gasteiger partial charge in [-0.2, -0.15) is 0 Å². The van der Waals surface area contributed by atoms with Crippen LogP contribution in [0.15, 0.2) is 54.7 Å². The molecule has 0 unspecified atom stereocenters. The first-order valence-corrected chi connectivity index (χ1v) is 8.03. The maximum atomic E-state index is 12.7. The van der Waals surface area contributed by atoms with E-state index in [-0.39, 0.29) is 11.9 Å². The summed E-state index contributed by atoms with van der Waals surface area (Å²) in [6.45, 7) is 0. The maximum absolute atomic E-state index is 12.7. The van der Waals surface area contributed by atoms with E-state index in [2.05, 4.69) is 10.3 Å². The molecule has 4 heteroatoms. The van der Waals surface area contributed by atoms with Gasteiger partial charge in [-0.05, 0) is 48.2 Å². The van der Waals surface area contributed by atoms with Crippen LogP contribution in [0.1, 0.15) is 33.9 Å². The lowest BCUT2D eigenvalue weighted by atomic mass is 10.1. The first-order chi connectivity index (χ1) is 11.2. The first kappa shape index (κ1) is 14.2. The Morgan fingerprint density at radius 1 is 1.17 bits per heavy atom. The summed E-state index contributed by atoms with van der Waals surface area (Å²) in [6, 6.07) is 15.4. The summed E-state index contributed by atoms with van der Waals surface area (Å²) >= 11 is 6.04. The number of rotatable bonds is 2. The largest absolute Gasteiger partial charge is 0.345 e. The van der Waals surface area contributed by atoms with Gasteiger partial charge in [-0.1, -0.05) is 35.9 Å². The van der Waals surface area contributed by atoms with Gasteiger partial charge in [-0.3, -0.25) is 9.78 Å². The number of amides is 1. The van der Waals surface area contributed by atoms with E-state index >= 15 is 0 Å². The number of hydrogen-bond donors (Lipinski definition) is 1. The van der Waals surface area contributed by atoms with Gasteiger partial charge in [0.15, 0.2) is 0 Å². The smallest absolute Gasteiger partial charge is 0.253 e. The van der Waals surface area contributed by atoms with Crippen molar-refractivity contribution in [1.29, 1.82) is 0 Å². The van der Waals surface area contributed by atoms with Gasteiger partial charge in [0.2, 0.25) is 0 Å². The number of nitrogens with zero attached hydrogens (tertiary/aromatic N) is 1. The van der Waals surface area contributed by atoms with Crippen molar-refractivity contribution in [2.75, 3.05) is 0 Å². The number of hydrogen-bond acceptors (Lipinski definition) is 2. The van der Waals surface area contributed by atoms with Crippen molar-refractivity contribution in [1.82, 2.24) is 10.3 Å². The molecule has 2 aromatic carbocycles. The molecule has 0 saturated heterocycles. The van der Waals surface area contributed by atoms with E-state index in [1.165, 1.54) is 5.56 Å². The molecule has 1 amide bonds. The third-order valence-electron chi connectivity index (χ3n) is 4.37. The number of aromatic nitrogens is 1. The van der Waals surface area contributed by atoms with Crippen LogP contribution in [0.25, 0.3) is 10.9 Å². The monoisotopic (exact) mass is 322 g/mol. The number of para-hydroxylation sites is 1. The van der Waals surface area contributed by atoms with Gasteiger partial charge in [0.25, 0.3) is 5.91 Å². The molecule has 0 radical (unpaired) electrons. The minimum Gasteiger partial charge on any atom is -0.345 e. The number of benzene rings is 2. The molecular weight excluding hydrogens is 308 g/mol. The van der Waals surface area contributed by atoms with Crippen LogP contribution in [0.3, 0.4) is 0 Å². The molecule has 114 valence electrons. The maximum Gasteiger partial charge on any atom is 0.253 e. The fraction of sp³-hybridized carbons (Fsp3) is 0.158. The molecule has 23 heavy (non-hydrogen) atoms. The van der Waals surface area contributed by atoms with E-state index in [0.717, 1.165) is 34.3 Å². The zero-order chi connectivity index (χ0) is 15.8. The molecule has 1 aliphatic rings. The fourth-order valence-corrected chi connectivity index (χ4v) is 3.45. The van der Waals surface area contributed by atoms with Crippen molar-refractivity contribution in [3.63, 3.8) is 0 Å². The molecule has 1 atom stereocenters. The van der Waals surface area contributed by atoms with Gasteiger partial charge < -0.3 is 5.32 Å². The molecule has 1 heterocycles. The Balaban J connectivity index is 1.64. The summed E-state index contributed by atoms with van der Waals surface area (Å²) in [7, 11) is 0. The van der Waals surface area contributed by atoms with Crippen LogP contribution in [-0.4, -0.2) is 10.9 Å². The predicted octanol–water partition coefficient (Wildman–Crippen LogP) is 4.31. The third kappa shape index (κ3) is 2.57. The Morgan fingerprint density at radius 2 is 2.04 bits per heavy atom. The zero-order valence-corrected chi connectivity index (χ0v) is 13.2. The molecule has 3 aromatic rings. The Bertz CT molecular complexity index is 902. The second-order valence-electron chi connectivity index (χ2n) is 5.79. The van der Waals surface area contributed by atoms with Crippen molar-refractivity contribution in [3.8, 4) is 0 Å². The van der Waals surface area contributed by atoms with Crippen molar-refractivity contribution in [3.05, 3.63) is 76.4 Å². The number of carbonyl (C=O) groups excluding carboxylic acids is 1. The van der Waals surface area contributed by atoms with Crippen LogP contribution in [0.5, 0.6) is 0 Å². The third-order valence-corrected chi connectivity index (χ3v) is 4.60. The molecule has 4 rings (SSSR count). The molecule has 1 aromatic heterocycles. The SMILES string of the molecule is O=C(N[C@@H]1CCc2cc(Cl)ccc21)c1cccc2cccnc12. The van der Waals surface area contributed by atoms with Crippen LogP contribution in [0, 0.1) is 0 Å². The van der Waals surface area contributed by atoms with Crippen LogP contribution >= 0.6 is 11.6 Å². The zero-order valence-electron chi connectivity index (χ0n) is 12.4. The van der Waals surface area contributed by atoms with Crippen LogP contribution in [-0.2, 0) is 6.42 Å². The van der Waals surface area contributed by atoms with Gasteiger partial charge in [-0.25, -0.2) is 0 Å². The highest BCUT2D eigenvalue weighted by atomic mass is 35.5. The van der Waals surface area contributed by atoms with E-state index in [0.29, 0.717) is 5.56 Å². The average Bonchev–Trinajstić information content (AvgIpc) is 2.96. The highest BCUT2D eigenvalue weighted by molar-refractivity contribution is 6.30. The number of aryl methyl sites for hydroxylation is 1. The molecular formula is C19H15ClN2O. The van der Waals surface area contributed by atoms with Crippen LogP contribution < -0.4 is 5.32 Å². The molecule has 0 spiro atoms. The lowest BCUT2D eigenvalue weighted by Crippen LogP contribution is -2.27. The lowest BCUT2D eigenvalue weighted by Gasteiger charge is -2.15. The molecule has 1 N–H and O–H groups in total. The second kappa shape index (κ2) is 5.67. The summed E-state index contributed by atoms with van der Waals surface area (Å²) in [6.07, 6.45) is 3.56. The second-order valence-corrected chi connectivity index (χ2v) is 6.22. The molecule has 0 aliphatic heterocycles. The van der Waals surface area contributed by atoms with E-state index in [1.807, 2.05) is 48.5 Å². The Kier molecular flexibility index (Phi) is 3.50. The Morgan fingerprint density at radius 3 is 2.96 bits per heavy atom. The van der Waals surface area contributed by atoms with Crippen molar-refractivity contribution in [2.45, 2.75) is 18.9 Å². The molecule has 0 fully saturated rings. The fourth-order valence-electron chi connectivity index (χ4n) is 3.26.